The summed E-state index contributed by atoms with van der Waals surface area (Å²) in [7, 11) is -2.40. The van der Waals surface area contributed by atoms with Crippen molar-refractivity contribution in [2.75, 3.05) is 52.9 Å². The van der Waals surface area contributed by atoms with Gasteiger partial charge in [-0.15, -0.1) is 0 Å². The van der Waals surface area contributed by atoms with E-state index in [9.17, 15) is 13.2 Å². The number of hydrogen-bond donors (Lipinski definition) is 0. The zero-order valence-electron chi connectivity index (χ0n) is 20.0. The predicted octanol–water partition coefficient (Wildman–Crippen LogP) is 3.61. The maximum Gasteiger partial charge on any atom is 0.246 e. The van der Waals surface area contributed by atoms with E-state index in [-0.39, 0.29) is 29.0 Å². The van der Waals surface area contributed by atoms with Gasteiger partial charge in [0.25, 0.3) is 0 Å². The summed E-state index contributed by atoms with van der Waals surface area (Å²) in [5.74, 6) is -0.0454. The van der Waals surface area contributed by atoms with Gasteiger partial charge in [0.2, 0.25) is 15.9 Å². The van der Waals surface area contributed by atoms with Crippen LogP contribution in [0.1, 0.15) is 18.4 Å². The van der Waals surface area contributed by atoms with E-state index in [1.807, 2.05) is 23.1 Å². The smallest absolute Gasteiger partial charge is 0.246 e. The highest BCUT2D eigenvalue weighted by atomic mass is 35.5. The first kappa shape index (κ1) is 25.7. The molecule has 9 heteroatoms. The molecule has 2 saturated heterocycles. The zero-order chi connectivity index (χ0) is 24.8. The number of amides is 1. The van der Waals surface area contributed by atoms with Crippen LogP contribution in [0, 0.1) is 5.92 Å². The molecule has 2 heterocycles. The first-order valence-electron chi connectivity index (χ1n) is 11.9. The highest BCUT2D eigenvalue weighted by Crippen LogP contribution is 2.32. The lowest BCUT2D eigenvalue weighted by molar-refractivity contribution is -0.138. The van der Waals surface area contributed by atoms with Gasteiger partial charge in [-0.3, -0.25) is 9.69 Å². The molecule has 2 aromatic rings. The topological polar surface area (TPSA) is 70.2 Å². The Bertz CT molecular complexity index is 1150. The summed E-state index contributed by atoms with van der Waals surface area (Å²) < 4.78 is 33.4. The molecule has 2 aliphatic rings. The number of benzene rings is 2. The Morgan fingerprint density at radius 3 is 2.54 bits per heavy atom. The number of carbonyl (C=O) groups excluding carboxylic acids is 1. The first-order chi connectivity index (χ1) is 16.9. The van der Waals surface area contributed by atoms with Crippen LogP contribution < -0.4 is 4.74 Å². The Labute approximate surface area is 213 Å². The number of nitrogens with zero attached hydrogens (tertiary/aromatic N) is 3. The van der Waals surface area contributed by atoms with E-state index in [1.165, 1.54) is 23.0 Å². The van der Waals surface area contributed by atoms with Crippen LogP contribution in [-0.2, 0) is 14.8 Å². The molecule has 0 saturated carbocycles. The van der Waals surface area contributed by atoms with E-state index in [2.05, 4.69) is 29.2 Å². The monoisotopic (exact) mass is 517 g/mol. The van der Waals surface area contributed by atoms with E-state index in [0.29, 0.717) is 37.5 Å². The lowest BCUT2D eigenvalue weighted by atomic mass is 9.98. The van der Waals surface area contributed by atoms with Crippen LogP contribution in [-0.4, -0.2) is 81.4 Å². The lowest BCUT2D eigenvalue weighted by Gasteiger charge is -2.38. The molecule has 0 unspecified atom stereocenters. The van der Waals surface area contributed by atoms with Gasteiger partial charge in [-0.25, -0.2) is 8.42 Å². The SMILES string of the molecule is COc1ccc(Cl)cc1S(=O)(=O)N1CCC[C@@H](C(=O)N2CCN(C/C=C/c3ccccc3)CC2)C1. The number of sulfonamides is 1. The maximum atomic E-state index is 13.4. The van der Waals surface area contributed by atoms with E-state index in [1.54, 1.807) is 12.1 Å². The van der Waals surface area contributed by atoms with Crippen LogP contribution in [0.25, 0.3) is 6.08 Å². The zero-order valence-corrected chi connectivity index (χ0v) is 21.5. The molecule has 0 spiro atoms. The Morgan fingerprint density at radius 2 is 1.83 bits per heavy atom. The summed E-state index contributed by atoms with van der Waals surface area (Å²) in [6.45, 7) is 4.32. The van der Waals surface area contributed by atoms with Gasteiger partial charge in [0.05, 0.1) is 13.0 Å². The van der Waals surface area contributed by atoms with Crippen molar-refractivity contribution in [2.24, 2.45) is 5.92 Å². The van der Waals surface area contributed by atoms with Crippen molar-refractivity contribution in [1.29, 1.82) is 0 Å². The molecule has 0 aromatic heterocycles. The summed E-state index contributed by atoms with van der Waals surface area (Å²) in [5.41, 5.74) is 1.17. The van der Waals surface area contributed by atoms with Crippen LogP contribution >= 0.6 is 11.6 Å². The molecule has 0 aliphatic carbocycles. The minimum absolute atomic E-state index is 0.0396. The van der Waals surface area contributed by atoms with E-state index in [0.717, 1.165) is 19.6 Å². The lowest BCUT2D eigenvalue weighted by Crippen LogP contribution is -2.53. The average Bonchev–Trinajstić information content (AvgIpc) is 2.89. The van der Waals surface area contributed by atoms with Crippen LogP contribution in [0.3, 0.4) is 0 Å². The number of piperidine rings is 1. The second-order valence-electron chi connectivity index (χ2n) is 8.94. The van der Waals surface area contributed by atoms with Gasteiger partial charge < -0.3 is 9.64 Å². The molecule has 1 amide bonds. The highest BCUT2D eigenvalue weighted by Gasteiger charge is 2.37. The molecule has 0 bridgehead atoms. The van der Waals surface area contributed by atoms with Crippen molar-refractivity contribution in [1.82, 2.24) is 14.1 Å². The molecule has 188 valence electrons. The van der Waals surface area contributed by atoms with Crippen LogP contribution in [0.4, 0.5) is 0 Å². The molecule has 2 aliphatic heterocycles. The van der Waals surface area contributed by atoms with Crippen LogP contribution in [0.5, 0.6) is 5.75 Å². The number of piperazine rings is 1. The van der Waals surface area contributed by atoms with Crippen molar-refractivity contribution in [2.45, 2.75) is 17.7 Å². The number of methoxy groups -OCH3 is 1. The third-order valence-corrected chi connectivity index (χ3v) is 8.76. The molecule has 35 heavy (non-hydrogen) atoms. The quantitative estimate of drug-likeness (QED) is 0.561. The van der Waals surface area contributed by atoms with E-state index >= 15 is 0 Å². The van der Waals surface area contributed by atoms with Crippen molar-refractivity contribution in [3.63, 3.8) is 0 Å². The van der Waals surface area contributed by atoms with Gasteiger partial charge in [-0.05, 0) is 36.6 Å². The Hall–Kier alpha value is -2.39. The Morgan fingerprint density at radius 1 is 1.09 bits per heavy atom. The van der Waals surface area contributed by atoms with Crippen molar-refractivity contribution < 1.29 is 17.9 Å². The number of halogens is 1. The maximum absolute atomic E-state index is 13.4. The van der Waals surface area contributed by atoms with Gasteiger partial charge in [0.15, 0.2) is 0 Å². The number of carbonyl (C=O) groups is 1. The largest absolute Gasteiger partial charge is 0.495 e. The summed E-state index contributed by atoms with van der Waals surface area (Å²) >= 11 is 6.07. The van der Waals surface area contributed by atoms with Crippen molar-refractivity contribution in [3.8, 4) is 5.75 Å². The summed E-state index contributed by atoms with van der Waals surface area (Å²) in [5, 5.41) is 0.325. The van der Waals surface area contributed by atoms with E-state index < -0.39 is 10.0 Å². The van der Waals surface area contributed by atoms with Crippen molar-refractivity contribution in [3.05, 3.63) is 65.2 Å². The van der Waals surface area contributed by atoms with Gasteiger partial charge in [-0.2, -0.15) is 4.31 Å². The van der Waals surface area contributed by atoms with E-state index in [4.69, 9.17) is 16.3 Å². The van der Waals surface area contributed by atoms with Gasteiger partial charge >= 0.3 is 0 Å². The second-order valence-corrected chi connectivity index (χ2v) is 11.3. The fourth-order valence-corrected chi connectivity index (χ4v) is 6.61. The van der Waals surface area contributed by atoms with Gasteiger partial charge in [-0.1, -0.05) is 54.1 Å². The molecule has 2 fully saturated rings. The number of ether oxygens (including phenoxy) is 1. The minimum atomic E-state index is -3.83. The van der Waals surface area contributed by atoms with Crippen LogP contribution in [0.15, 0.2) is 59.5 Å². The summed E-state index contributed by atoms with van der Waals surface area (Å²) in [6.07, 6.45) is 5.60. The molecule has 1 atom stereocenters. The first-order valence-corrected chi connectivity index (χ1v) is 13.8. The molecular formula is C26H32ClN3O4S. The third kappa shape index (κ3) is 6.25. The highest BCUT2D eigenvalue weighted by molar-refractivity contribution is 7.89. The molecule has 4 rings (SSSR count). The van der Waals surface area contributed by atoms with Gasteiger partial charge in [0, 0.05) is 50.8 Å². The average molecular weight is 518 g/mol. The molecule has 2 aromatic carbocycles. The Kier molecular flexibility index (Phi) is 8.49. The molecular weight excluding hydrogens is 486 g/mol. The predicted molar refractivity (Wildman–Crippen MR) is 138 cm³/mol. The summed E-state index contributed by atoms with van der Waals surface area (Å²) in [6, 6.07) is 14.7. The molecule has 7 nitrogen and oxygen atoms in total. The Balaban J connectivity index is 1.33. The summed E-state index contributed by atoms with van der Waals surface area (Å²) in [4.78, 5) is 17.5. The standard InChI is InChI=1S/C26H32ClN3O4S/c1-34-24-12-11-23(27)19-25(24)35(32,33)30-14-6-10-22(20-30)26(31)29-17-15-28(16-18-29)13-5-9-21-7-3-2-4-8-21/h2-5,7-9,11-12,19,22H,6,10,13-18,20H2,1H3/b9-5+/t22-/m1/s1. The molecule has 0 N–H and O–H groups in total. The number of hydrogen-bond acceptors (Lipinski definition) is 5. The van der Waals surface area contributed by atoms with Gasteiger partial charge in [0.1, 0.15) is 10.6 Å². The fourth-order valence-electron chi connectivity index (χ4n) is 4.66. The minimum Gasteiger partial charge on any atom is -0.495 e. The van der Waals surface area contributed by atoms with Crippen LogP contribution in [0.2, 0.25) is 5.02 Å². The molecule has 0 radical (unpaired) electrons. The fraction of sp³-hybridized carbons (Fsp3) is 0.423. The third-order valence-electron chi connectivity index (χ3n) is 6.63. The second kappa shape index (κ2) is 11.6. The normalized spacial score (nSPS) is 20.3. The van der Waals surface area contributed by atoms with Crippen molar-refractivity contribution >= 4 is 33.6 Å². The number of rotatable bonds is 7.